The molecule has 0 saturated heterocycles. The second kappa shape index (κ2) is 5.00. The van der Waals surface area contributed by atoms with E-state index in [1.165, 1.54) is 6.92 Å². The number of rotatable bonds is 4. The molecule has 12 heavy (non-hydrogen) atoms. The number of hydrogen-bond acceptors (Lipinski definition) is 4. The third kappa shape index (κ3) is 3.10. The van der Waals surface area contributed by atoms with Gasteiger partial charge in [0.15, 0.2) is 0 Å². The van der Waals surface area contributed by atoms with Gasteiger partial charge in [0.25, 0.3) is 6.43 Å². The van der Waals surface area contributed by atoms with Crippen LogP contribution in [0.2, 0.25) is 0 Å². The molecule has 0 aliphatic heterocycles. The normalized spacial score (nSPS) is 15.8. The maximum absolute atomic E-state index is 11.7. The predicted octanol–water partition coefficient (Wildman–Crippen LogP) is -0.497. The smallest absolute Gasteiger partial charge is 0.325 e. The van der Waals surface area contributed by atoms with Crippen LogP contribution in [0.4, 0.5) is 8.78 Å². The lowest BCUT2D eigenvalue weighted by Gasteiger charge is -2.15. The van der Waals surface area contributed by atoms with Crippen molar-refractivity contribution in [3.63, 3.8) is 0 Å². The Bertz CT molecular complexity index is 154. The fraction of sp³-hybridized carbons (Fsp3) is 0.833. The van der Waals surface area contributed by atoms with Gasteiger partial charge in [-0.15, -0.1) is 0 Å². The second-order valence-corrected chi connectivity index (χ2v) is 2.10. The molecule has 72 valence electrons. The molecule has 0 spiro atoms. The SMILES string of the molecule is CCOC(=O)[C@@H](N)[C@@H](O)C(F)F. The predicted molar refractivity (Wildman–Crippen MR) is 36.6 cm³/mol. The van der Waals surface area contributed by atoms with Crippen molar-refractivity contribution in [3.8, 4) is 0 Å². The van der Waals surface area contributed by atoms with Crippen LogP contribution < -0.4 is 5.73 Å². The molecule has 0 saturated carbocycles. The number of carbonyl (C=O) groups is 1. The Balaban J connectivity index is 4.00. The van der Waals surface area contributed by atoms with E-state index in [2.05, 4.69) is 4.74 Å². The Morgan fingerprint density at radius 2 is 2.17 bits per heavy atom. The first-order chi connectivity index (χ1) is 5.50. The minimum Gasteiger partial charge on any atom is -0.465 e. The van der Waals surface area contributed by atoms with Gasteiger partial charge in [0.2, 0.25) is 0 Å². The van der Waals surface area contributed by atoms with Crippen molar-refractivity contribution in [2.75, 3.05) is 6.61 Å². The highest BCUT2D eigenvalue weighted by Crippen LogP contribution is 2.04. The van der Waals surface area contributed by atoms with Gasteiger partial charge in [-0.05, 0) is 6.92 Å². The maximum Gasteiger partial charge on any atom is 0.325 e. The van der Waals surface area contributed by atoms with Crippen molar-refractivity contribution >= 4 is 5.97 Å². The van der Waals surface area contributed by atoms with Crippen molar-refractivity contribution in [1.29, 1.82) is 0 Å². The summed E-state index contributed by atoms with van der Waals surface area (Å²) in [5.74, 6) is -1.02. The minimum absolute atomic E-state index is 0.0441. The number of ether oxygens (including phenoxy) is 1. The van der Waals surface area contributed by atoms with Gasteiger partial charge in [0.1, 0.15) is 12.1 Å². The van der Waals surface area contributed by atoms with E-state index in [-0.39, 0.29) is 6.61 Å². The van der Waals surface area contributed by atoms with Crippen LogP contribution in [-0.4, -0.2) is 36.3 Å². The Labute approximate surface area is 68.3 Å². The Kier molecular flexibility index (Phi) is 4.68. The van der Waals surface area contributed by atoms with Crippen LogP contribution >= 0.6 is 0 Å². The highest BCUT2D eigenvalue weighted by Gasteiger charge is 2.30. The first kappa shape index (κ1) is 11.2. The average Bonchev–Trinajstić information content (AvgIpc) is 2.02. The quantitative estimate of drug-likeness (QED) is 0.576. The molecule has 0 rings (SSSR count). The zero-order chi connectivity index (χ0) is 9.72. The summed E-state index contributed by atoms with van der Waals surface area (Å²) in [6.07, 6.45) is -5.20. The van der Waals surface area contributed by atoms with Crippen LogP contribution in [0.15, 0.2) is 0 Å². The van der Waals surface area contributed by atoms with Crippen LogP contribution in [0.3, 0.4) is 0 Å². The molecule has 4 nitrogen and oxygen atoms in total. The van der Waals surface area contributed by atoms with Gasteiger partial charge >= 0.3 is 5.97 Å². The number of hydrogen-bond donors (Lipinski definition) is 2. The lowest BCUT2D eigenvalue weighted by Crippen LogP contribution is -2.46. The summed E-state index contributed by atoms with van der Waals surface area (Å²) in [7, 11) is 0. The lowest BCUT2D eigenvalue weighted by molar-refractivity contribution is -0.150. The Hall–Kier alpha value is -0.750. The molecule has 0 aliphatic carbocycles. The monoisotopic (exact) mass is 183 g/mol. The molecular formula is C6H11F2NO3. The molecule has 0 aromatic carbocycles. The van der Waals surface area contributed by atoms with Gasteiger partial charge in [-0.25, -0.2) is 8.78 Å². The van der Waals surface area contributed by atoms with E-state index >= 15 is 0 Å². The number of nitrogens with two attached hydrogens (primary N) is 1. The van der Waals surface area contributed by atoms with E-state index < -0.39 is 24.5 Å². The molecule has 0 aromatic heterocycles. The van der Waals surface area contributed by atoms with E-state index in [1.54, 1.807) is 0 Å². The van der Waals surface area contributed by atoms with Crippen LogP contribution in [-0.2, 0) is 9.53 Å². The number of aliphatic hydroxyl groups excluding tert-OH is 1. The first-order valence-electron chi connectivity index (χ1n) is 3.39. The van der Waals surface area contributed by atoms with Gasteiger partial charge in [-0.2, -0.15) is 0 Å². The molecule has 0 heterocycles. The van der Waals surface area contributed by atoms with Gasteiger partial charge in [0, 0.05) is 0 Å². The van der Waals surface area contributed by atoms with Crippen LogP contribution in [0.1, 0.15) is 6.92 Å². The molecular weight excluding hydrogens is 172 g/mol. The van der Waals surface area contributed by atoms with E-state index in [9.17, 15) is 13.6 Å². The molecule has 3 N–H and O–H groups in total. The largest absolute Gasteiger partial charge is 0.465 e. The minimum atomic E-state index is -3.04. The highest BCUT2D eigenvalue weighted by molar-refractivity contribution is 5.76. The van der Waals surface area contributed by atoms with Crippen molar-refractivity contribution in [1.82, 2.24) is 0 Å². The van der Waals surface area contributed by atoms with Crippen molar-refractivity contribution in [3.05, 3.63) is 0 Å². The van der Waals surface area contributed by atoms with E-state index in [1.807, 2.05) is 0 Å². The van der Waals surface area contributed by atoms with Crippen LogP contribution in [0, 0.1) is 0 Å². The highest BCUT2D eigenvalue weighted by atomic mass is 19.3. The summed E-state index contributed by atoms with van der Waals surface area (Å²) < 4.78 is 27.8. The molecule has 0 radical (unpaired) electrons. The molecule has 0 bridgehead atoms. The standard InChI is InChI=1S/C6H11F2NO3/c1-2-12-6(11)3(9)4(10)5(7)8/h3-5,10H,2,9H2,1H3/t3-,4+/m0/s1. The molecule has 6 heteroatoms. The maximum atomic E-state index is 11.7. The van der Waals surface area contributed by atoms with Crippen LogP contribution in [0.25, 0.3) is 0 Å². The fourth-order valence-electron chi connectivity index (χ4n) is 0.535. The van der Waals surface area contributed by atoms with E-state index in [0.29, 0.717) is 0 Å². The third-order valence-electron chi connectivity index (χ3n) is 1.18. The van der Waals surface area contributed by atoms with Gasteiger partial charge in [-0.3, -0.25) is 4.79 Å². The number of halogens is 2. The summed E-state index contributed by atoms with van der Waals surface area (Å²) in [5.41, 5.74) is 4.94. The summed E-state index contributed by atoms with van der Waals surface area (Å²) in [4.78, 5) is 10.6. The van der Waals surface area contributed by atoms with E-state index in [0.717, 1.165) is 0 Å². The molecule has 0 aliphatic rings. The van der Waals surface area contributed by atoms with Gasteiger partial charge in [0.05, 0.1) is 6.61 Å². The van der Waals surface area contributed by atoms with Crippen LogP contribution in [0.5, 0.6) is 0 Å². The number of aliphatic hydroxyl groups is 1. The molecule has 0 unspecified atom stereocenters. The second-order valence-electron chi connectivity index (χ2n) is 2.10. The molecule has 0 fully saturated rings. The molecule has 0 aromatic rings. The zero-order valence-electron chi connectivity index (χ0n) is 6.54. The zero-order valence-corrected chi connectivity index (χ0v) is 6.54. The van der Waals surface area contributed by atoms with Gasteiger partial charge < -0.3 is 15.6 Å². The third-order valence-corrected chi connectivity index (χ3v) is 1.18. The molecule has 2 atom stereocenters. The topological polar surface area (TPSA) is 72.5 Å². The number of carbonyl (C=O) groups excluding carboxylic acids is 1. The fourth-order valence-corrected chi connectivity index (χ4v) is 0.535. The lowest BCUT2D eigenvalue weighted by atomic mass is 10.2. The first-order valence-corrected chi connectivity index (χ1v) is 3.39. The number of alkyl halides is 2. The summed E-state index contributed by atoms with van der Waals surface area (Å²) >= 11 is 0. The number of esters is 1. The summed E-state index contributed by atoms with van der Waals surface area (Å²) in [5, 5.41) is 8.62. The summed E-state index contributed by atoms with van der Waals surface area (Å²) in [6, 6.07) is -1.68. The van der Waals surface area contributed by atoms with Gasteiger partial charge in [-0.1, -0.05) is 0 Å². The summed E-state index contributed by atoms with van der Waals surface area (Å²) in [6.45, 7) is 1.56. The average molecular weight is 183 g/mol. The molecule has 0 amide bonds. The Morgan fingerprint density at radius 1 is 1.67 bits per heavy atom. The van der Waals surface area contributed by atoms with Crippen molar-refractivity contribution < 1.29 is 23.4 Å². The Morgan fingerprint density at radius 3 is 2.50 bits per heavy atom. The van der Waals surface area contributed by atoms with Crippen molar-refractivity contribution in [2.24, 2.45) is 5.73 Å². The van der Waals surface area contributed by atoms with Crippen molar-refractivity contribution in [2.45, 2.75) is 25.5 Å². The van der Waals surface area contributed by atoms with E-state index in [4.69, 9.17) is 10.8 Å².